The maximum atomic E-state index is 13.0. The van der Waals surface area contributed by atoms with Crippen molar-refractivity contribution in [2.24, 2.45) is 0 Å². The number of hydrogen-bond donors (Lipinski definition) is 0. The predicted octanol–water partition coefficient (Wildman–Crippen LogP) is 2.35. The van der Waals surface area contributed by atoms with Gasteiger partial charge in [-0.05, 0) is 48.8 Å². The Morgan fingerprint density at radius 3 is 2.31 bits per heavy atom. The van der Waals surface area contributed by atoms with Crippen molar-refractivity contribution in [3.05, 3.63) is 35.4 Å². The van der Waals surface area contributed by atoms with Gasteiger partial charge in [0, 0.05) is 59.8 Å². The molecular formula is C23H34N4O2. The minimum Gasteiger partial charge on any atom is -0.340 e. The third-order valence-electron chi connectivity index (χ3n) is 7.26. The molecule has 1 spiro atoms. The summed E-state index contributed by atoms with van der Waals surface area (Å²) in [5.41, 5.74) is 2.91. The summed E-state index contributed by atoms with van der Waals surface area (Å²) < 4.78 is 0. The number of carbonyl (C=O) groups is 2. The first-order chi connectivity index (χ1) is 13.9. The van der Waals surface area contributed by atoms with E-state index in [1.165, 1.54) is 11.1 Å². The zero-order valence-electron chi connectivity index (χ0n) is 18.1. The van der Waals surface area contributed by atoms with E-state index in [-0.39, 0.29) is 11.4 Å². The van der Waals surface area contributed by atoms with Gasteiger partial charge in [0.25, 0.3) is 0 Å². The average Bonchev–Trinajstić information content (AvgIpc) is 3.02. The van der Waals surface area contributed by atoms with E-state index in [4.69, 9.17) is 0 Å². The Morgan fingerprint density at radius 2 is 1.66 bits per heavy atom. The van der Waals surface area contributed by atoms with Crippen LogP contribution in [0.5, 0.6) is 0 Å². The molecule has 4 rings (SSSR count). The molecule has 1 aromatic rings. The summed E-state index contributed by atoms with van der Waals surface area (Å²) in [4.78, 5) is 33.3. The van der Waals surface area contributed by atoms with Gasteiger partial charge in [-0.3, -0.25) is 4.79 Å². The van der Waals surface area contributed by atoms with Crippen LogP contribution in [-0.4, -0.2) is 91.9 Å². The number of likely N-dealkylation sites (tertiary alicyclic amines) is 1. The fourth-order valence-electron chi connectivity index (χ4n) is 5.49. The number of urea groups is 1. The molecule has 0 bridgehead atoms. The quantitative estimate of drug-likeness (QED) is 0.768. The van der Waals surface area contributed by atoms with Crippen LogP contribution in [0.25, 0.3) is 0 Å². The number of nitrogens with zero attached hydrogens (tertiary/aromatic N) is 4. The van der Waals surface area contributed by atoms with E-state index < -0.39 is 0 Å². The second-order valence-corrected chi connectivity index (χ2v) is 9.32. The Bertz CT molecular complexity index is 762. The second kappa shape index (κ2) is 7.98. The fourth-order valence-corrected chi connectivity index (χ4v) is 5.49. The highest BCUT2D eigenvalue weighted by Gasteiger charge is 2.46. The molecule has 1 aromatic carbocycles. The van der Waals surface area contributed by atoms with Gasteiger partial charge >= 0.3 is 6.03 Å². The number of fused-ring (bicyclic) bond motifs is 2. The summed E-state index contributed by atoms with van der Waals surface area (Å²) in [6.45, 7) is 5.21. The van der Waals surface area contributed by atoms with Gasteiger partial charge in [0.15, 0.2) is 0 Å². The second-order valence-electron chi connectivity index (χ2n) is 9.32. The molecular weight excluding hydrogens is 364 g/mol. The first-order valence-corrected chi connectivity index (χ1v) is 10.9. The van der Waals surface area contributed by atoms with Crippen molar-refractivity contribution in [1.29, 1.82) is 0 Å². The Kier molecular flexibility index (Phi) is 5.56. The summed E-state index contributed by atoms with van der Waals surface area (Å²) in [6.07, 6.45) is 3.63. The molecule has 2 saturated heterocycles. The standard InChI is InChI=1S/C23H34N4O2/c1-24(2)22(29)27-10-8-23(9-11-27)17-18(19-6-4-5-7-20(19)23)16-21(28)26-14-12-25(3)13-15-26/h4-7,18H,8-17H2,1-3H3. The van der Waals surface area contributed by atoms with Crippen LogP contribution in [0.3, 0.4) is 0 Å². The molecule has 1 aliphatic carbocycles. The van der Waals surface area contributed by atoms with Gasteiger partial charge in [0.05, 0.1) is 0 Å². The predicted molar refractivity (Wildman–Crippen MR) is 114 cm³/mol. The highest BCUT2D eigenvalue weighted by atomic mass is 16.2. The molecule has 0 saturated carbocycles. The van der Waals surface area contributed by atoms with Crippen molar-refractivity contribution < 1.29 is 9.59 Å². The molecule has 158 valence electrons. The average molecular weight is 399 g/mol. The van der Waals surface area contributed by atoms with E-state index in [0.29, 0.717) is 18.2 Å². The molecule has 0 N–H and O–H groups in total. The normalized spacial score (nSPS) is 23.9. The van der Waals surface area contributed by atoms with Gasteiger partial charge in [0.1, 0.15) is 0 Å². The summed E-state index contributed by atoms with van der Waals surface area (Å²) >= 11 is 0. The maximum absolute atomic E-state index is 13.0. The first kappa shape index (κ1) is 20.2. The number of amides is 3. The lowest BCUT2D eigenvalue weighted by atomic mass is 9.73. The van der Waals surface area contributed by atoms with Crippen molar-refractivity contribution in [3.63, 3.8) is 0 Å². The third-order valence-corrected chi connectivity index (χ3v) is 7.26. The molecule has 6 nitrogen and oxygen atoms in total. The van der Waals surface area contributed by atoms with Crippen LogP contribution in [-0.2, 0) is 10.2 Å². The minimum absolute atomic E-state index is 0.105. The van der Waals surface area contributed by atoms with E-state index in [9.17, 15) is 9.59 Å². The zero-order chi connectivity index (χ0) is 20.6. The number of piperazine rings is 1. The van der Waals surface area contributed by atoms with Gasteiger partial charge in [-0.1, -0.05) is 24.3 Å². The number of benzene rings is 1. The topological polar surface area (TPSA) is 47.1 Å². The Morgan fingerprint density at radius 1 is 1.00 bits per heavy atom. The number of rotatable bonds is 2. The van der Waals surface area contributed by atoms with E-state index in [1.54, 1.807) is 4.90 Å². The van der Waals surface area contributed by atoms with Crippen molar-refractivity contribution in [2.75, 3.05) is 60.4 Å². The van der Waals surface area contributed by atoms with Crippen LogP contribution in [0.1, 0.15) is 42.7 Å². The summed E-state index contributed by atoms with van der Waals surface area (Å²) in [5.74, 6) is 0.602. The largest absolute Gasteiger partial charge is 0.340 e. The molecule has 3 amide bonds. The van der Waals surface area contributed by atoms with E-state index >= 15 is 0 Å². The van der Waals surface area contributed by atoms with Gasteiger partial charge in [-0.2, -0.15) is 0 Å². The maximum Gasteiger partial charge on any atom is 0.319 e. The Labute approximate surface area is 174 Å². The molecule has 29 heavy (non-hydrogen) atoms. The SMILES string of the molecule is CN1CCN(C(=O)CC2CC3(CCN(C(=O)N(C)C)CC3)c3ccccc32)CC1. The van der Waals surface area contributed by atoms with Crippen molar-refractivity contribution in [2.45, 2.75) is 37.0 Å². The summed E-state index contributed by atoms with van der Waals surface area (Å²) in [7, 11) is 5.75. The van der Waals surface area contributed by atoms with Gasteiger partial charge in [-0.25, -0.2) is 4.79 Å². The lowest BCUT2D eigenvalue weighted by Crippen LogP contribution is -2.48. The van der Waals surface area contributed by atoms with E-state index in [0.717, 1.165) is 58.5 Å². The van der Waals surface area contributed by atoms with Crippen LogP contribution < -0.4 is 0 Å². The molecule has 0 radical (unpaired) electrons. The monoisotopic (exact) mass is 398 g/mol. The zero-order valence-corrected chi connectivity index (χ0v) is 18.1. The van der Waals surface area contributed by atoms with Crippen molar-refractivity contribution in [1.82, 2.24) is 19.6 Å². The van der Waals surface area contributed by atoms with Crippen molar-refractivity contribution >= 4 is 11.9 Å². The molecule has 3 aliphatic rings. The van der Waals surface area contributed by atoms with Crippen LogP contribution in [0.4, 0.5) is 4.79 Å². The molecule has 2 heterocycles. The summed E-state index contributed by atoms with van der Waals surface area (Å²) in [6, 6.07) is 8.83. The first-order valence-electron chi connectivity index (χ1n) is 10.9. The van der Waals surface area contributed by atoms with Crippen molar-refractivity contribution in [3.8, 4) is 0 Å². The lowest BCUT2D eigenvalue weighted by Gasteiger charge is -2.41. The van der Waals surface area contributed by atoms with E-state index in [1.807, 2.05) is 23.9 Å². The molecule has 1 atom stereocenters. The van der Waals surface area contributed by atoms with Crippen LogP contribution in [0.2, 0.25) is 0 Å². The highest BCUT2D eigenvalue weighted by molar-refractivity contribution is 5.78. The summed E-state index contributed by atoms with van der Waals surface area (Å²) in [5, 5.41) is 0. The van der Waals surface area contributed by atoms with Gasteiger partial charge in [0.2, 0.25) is 5.91 Å². The number of likely N-dealkylation sites (N-methyl/N-ethyl adjacent to an activating group) is 1. The van der Waals surface area contributed by atoms with Gasteiger partial charge in [-0.15, -0.1) is 0 Å². The Hall–Kier alpha value is -2.08. The molecule has 2 fully saturated rings. The van der Waals surface area contributed by atoms with Crippen LogP contribution in [0.15, 0.2) is 24.3 Å². The third kappa shape index (κ3) is 3.87. The fraction of sp³-hybridized carbons (Fsp3) is 0.652. The molecule has 2 aliphatic heterocycles. The number of hydrogen-bond acceptors (Lipinski definition) is 3. The minimum atomic E-state index is 0.105. The Balaban J connectivity index is 1.47. The van der Waals surface area contributed by atoms with E-state index in [2.05, 4.69) is 36.2 Å². The molecule has 6 heteroatoms. The number of piperidine rings is 1. The molecule has 1 unspecified atom stereocenters. The van der Waals surface area contributed by atoms with Gasteiger partial charge < -0.3 is 19.6 Å². The lowest BCUT2D eigenvalue weighted by molar-refractivity contribution is -0.133. The highest BCUT2D eigenvalue weighted by Crippen LogP contribution is 2.52. The number of carbonyl (C=O) groups excluding carboxylic acids is 2. The van der Waals surface area contributed by atoms with Crippen LogP contribution >= 0.6 is 0 Å². The smallest absolute Gasteiger partial charge is 0.319 e. The molecule has 0 aromatic heterocycles. The van der Waals surface area contributed by atoms with Crippen LogP contribution in [0, 0.1) is 0 Å².